The monoisotopic (exact) mass is 907 g/mol. The van der Waals surface area contributed by atoms with Gasteiger partial charge in [-0.3, -0.25) is 18.7 Å². The van der Waals surface area contributed by atoms with Crippen molar-refractivity contribution in [3.05, 3.63) is 186 Å². The summed E-state index contributed by atoms with van der Waals surface area (Å²) in [6.07, 6.45) is 0.578. The molecule has 0 bridgehead atoms. The van der Waals surface area contributed by atoms with Gasteiger partial charge in [-0.15, -0.1) is 17.1 Å². The van der Waals surface area contributed by atoms with Crippen LogP contribution in [0.5, 0.6) is 17.2 Å². The topological polar surface area (TPSA) is 127 Å². The minimum Gasteiger partial charge on any atom is -0.508 e. The fourth-order valence-electron chi connectivity index (χ4n) is 4.79. The van der Waals surface area contributed by atoms with Crippen LogP contribution in [0.25, 0.3) is 0 Å². The first-order valence-corrected chi connectivity index (χ1v) is 25.6. The van der Waals surface area contributed by atoms with Gasteiger partial charge in [-0.1, -0.05) is 90.5 Å². The molecule has 0 heterocycles. The molecule has 0 aliphatic rings. The molecule has 8 nitrogen and oxygen atoms in total. The predicted molar refractivity (Wildman–Crippen MR) is 253 cm³/mol. The van der Waals surface area contributed by atoms with Gasteiger partial charge in [-0.2, -0.15) is 0 Å². The van der Waals surface area contributed by atoms with Crippen LogP contribution in [0.15, 0.2) is 158 Å². The Morgan fingerprint density at radius 3 is 1.44 bits per heavy atom. The highest BCUT2D eigenvalue weighted by Gasteiger charge is 2.27. The molecule has 0 spiro atoms. The summed E-state index contributed by atoms with van der Waals surface area (Å²) in [5.74, 6) is -2.28. The molecule has 3 atom stereocenters. The van der Waals surface area contributed by atoms with E-state index in [2.05, 4.69) is 16.7 Å². The van der Waals surface area contributed by atoms with E-state index in [0.717, 1.165) is 24.4 Å². The predicted octanol–water partition coefficient (Wildman–Crippen LogP) is 10.5. The number of hydrogen-bond donors (Lipinski definition) is 2. The summed E-state index contributed by atoms with van der Waals surface area (Å²) in [5, 5.41) is 19.2. The number of aryl methyl sites for hydroxylation is 1. The number of rotatable bonds is 11. The Bertz CT molecular complexity index is 2290. The second-order valence-corrected chi connectivity index (χ2v) is 21.0. The van der Waals surface area contributed by atoms with E-state index in [1.54, 1.807) is 109 Å². The number of phenols is 2. The molecule has 0 fully saturated rings. The fraction of sp³-hybridized carbons (Fsp3) is 0.116. The van der Waals surface area contributed by atoms with Crippen molar-refractivity contribution < 1.29 is 38.0 Å². The number of aromatic hydroxyl groups is 2. The number of ketones is 2. The summed E-state index contributed by atoms with van der Waals surface area (Å²) >= 11 is 10.8. The smallest absolute Gasteiger partial charge is 0.410 e. The molecule has 0 saturated heterocycles. The van der Waals surface area contributed by atoms with Crippen molar-refractivity contribution in [2.75, 3.05) is 13.8 Å². The van der Waals surface area contributed by atoms with Crippen LogP contribution in [0.4, 0.5) is 0 Å². The zero-order chi connectivity index (χ0) is 45.4. The molecule has 3 radical (unpaired) electrons. The Morgan fingerprint density at radius 2 is 1.07 bits per heavy atom. The summed E-state index contributed by atoms with van der Waals surface area (Å²) < 4.78 is 47.2. The van der Waals surface area contributed by atoms with E-state index in [0.29, 0.717) is 33.9 Å². The minimum atomic E-state index is -3.44. The van der Waals surface area contributed by atoms with Crippen LogP contribution < -0.4 is 15.1 Å². The average Bonchev–Trinajstić information content (AvgIpc) is 3.24. The van der Waals surface area contributed by atoms with Gasteiger partial charge in [0, 0.05) is 51.8 Å². The van der Waals surface area contributed by atoms with E-state index in [1.807, 2.05) is 50.0 Å². The molecular weight excluding hydrogens is 861 g/mol. The van der Waals surface area contributed by atoms with E-state index >= 15 is 0 Å². The zero-order valence-corrected chi connectivity index (χ0v) is 37.9. The van der Waals surface area contributed by atoms with Crippen molar-refractivity contribution in [3.8, 4) is 17.2 Å². The van der Waals surface area contributed by atoms with Gasteiger partial charge in [-0.25, -0.2) is 4.57 Å². The standard InChI is InChI=1S/C22H21O4P.C14H12O3.C6H5Cl2OP.CH6P2.B2H/c1-17-8-12-19(13-9-17)22(23)16-18-10-14-20(15-11-18)26-27(24,25-2)21-6-4-3-5-7-21;15-12-5-1-10(2-6-12)9-14(17)11-3-7-13(16)8-4-11;7-10(8,9)6-4-2-1-3-5-6;1-3-2;1-2/h3-15H,16H2,1-2H3;1-8,15-16H,9H2;1-5H;3H,2H2,1H3;1H/i;;;3D;1D. The molecule has 6 aromatic carbocycles. The lowest BCUT2D eigenvalue weighted by Gasteiger charge is -2.17. The number of carbonyl (C=O) groups excluding carboxylic acids is 2. The van der Waals surface area contributed by atoms with Gasteiger partial charge < -0.3 is 14.7 Å². The maximum absolute atomic E-state index is 12.9. The van der Waals surface area contributed by atoms with Gasteiger partial charge in [-0.05, 0) is 121 Å². The summed E-state index contributed by atoms with van der Waals surface area (Å²) in [5.41, 5.74) is 4.08. The normalized spacial score (nSPS) is 12.1. The number of Topliss-reactive ketones (excluding diaryl/α,β-unsaturated/α-hetero) is 2. The van der Waals surface area contributed by atoms with Crippen LogP contribution in [-0.2, 0) is 26.5 Å². The third kappa shape index (κ3) is 18.9. The van der Waals surface area contributed by atoms with Crippen LogP contribution in [-0.4, -0.2) is 53.6 Å². The molecule has 0 aliphatic carbocycles. The van der Waals surface area contributed by atoms with Gasteiger partial charge in [0.1, 0.15) is 17.2 Å². The van der Waals surface area contributed by atoms with Crippen LogP contribution in [0, 0.1) is 6.92 Å². The van der Waals surface area contributed by atoms with Gasteiger partial charge in [0.05, 0.1) is 6.58 Å². The van der Waals surface area contributed by atoms with Crippen LogP contribution >= 0.6 is 53.1 Å². The van der Waals surface area contributed by atoms with Crippen LogP contribution in [0.1, 0.15) is 37.4 Å². The number of benzene rings is 6. The molecular formula is C43H45B2Cl2O8P4. The van der Waals surface area contributed by atoms with Crippen LogP contribution in [0.2, 0.25) is 0 Å². The number of hydrogen-bond acceptors (Lipinski definition) is 8. The molecule has 3 unspecified atom stereocenters. The van der Waals surface area contributed by atoms with Gasteiger partial charge >= 0.3 is 7.60 Å². The van der Waals surface area contributed by atoms with Crippen LogP contribution in [0.3, 0.4) is 0 Å². The summed E-state index contributed by atoms with van der Waals surface area (Å²) in [4.78, 5) is 24.2. The highest BCUT2D eigenvalue weighted by molar-refractivity contribution is 8.13. The Balaban J connectivity index is 0.000000319. The first-order valence-electron chi connectivity index (χ1n) is 18.6. The highest BCUT2D eigenvalue weighted by atomic mass is 35.9. The lowest BCUT2D eigenvalue weighted by atomic mass is 9.81. The first-order chi connectivity index (χ1) is 28.9. The van der Waals surface area contributed by atoms with Gasteiger partial charge in [0.25, 0.3) is 5.85 Å². The molecule has 6 aromatic rings. The van der Waals surface area contributed by atoms with Crippen molar-refractivity contribution in [1.29, 1.82) is 2.61 Å². The average molecular weight is 908 g/mol. The molecule has 59 heavy (non-hydrogen) atoms. The third-order valence-corrected chi connectivity index (χ3v) is 11.7. The lowest BCUT2D eigenvalue weighted by Crippen LogP contribution is -2.10. The first kappa shape index (κ1) is 47.7. The Morgan fingerprint density at radius 1 is 0.712 bits per heavy atom. The SMILES string of the molecule is COP(=O)(Oc1ccc(CC(=O)c2ccc(C)cc2)cc1)c1ccccc1.O=C(Cc1ccc(O)cc1)c1ccc(O)cc1.O=P(Cl)(Cl)c1ccccc1.[2H]P(C)P.[2H][B][B]. The molecule has 305 valence electrons. The molecule has 0 amide bonds. The summed E-state index contributed by atoms with van der Waals surface area (Å²) in [6.45, 7) is 3.85. The number of phenolic OH excluding ortho intramolecular Hbond substituents is 2. The number of carbonyl (C=O) groups is 2. The maximum atomic E-state index is 12.9. The maximum Gasteiger partial charge on any atom is 0.410 e. The minimum absolute atomic E-state index is 0.0179. The van der Waals surface area contributed by atoms with E-state index < -0.39 is 21.7 Å². The van der Waals surface area contributed by atoms with E-state index in [-0.39, 0.29) is 29.5 Å². The lowest BCUT2D eigenvalue weighted by molar-refractivity contribution is 0.0984. The summed E-state index contributed by atoms with van der Waals surface area (Å²) in [6, 6.07) is 44.6. The van der Waals surface area contributed by atoms with Crippen molar-refractivity contribution in [3.63, 3.8) is 0 Å². The Labute approximate surface area is 365 Å². The van der Waals surface area contributed by atoms with E-state index in [9.17, 15) is 18.7 Å². The molecule has 0 aliphatic heterocycles. The molecule has 6 rings (SSSR count). The van der Waals surface area contributed by atoms with Crippen molar-refractivity contribution in [1.82, 2.24) is 0 Å². The fourth-order valence-corrected chi connectivity index (χ4v) is 7.31. The molecule has 0 aromatic heterocycles. The highest BCUT2D eigenvalue weighted by Crippen LogP contribution is 2.55. The van der Waals surface area contributed by atoms with Gasteiger partial charge in [0.2, 0.25) is 0 Å². The quantitative estimate of drug-likeness (QED) is 0.0748. The summed E-state index contributed by atoms with van der Waals surface area (Å²) in [7, 11) is 5.00. The number of halogens is 2. The second kappa shape index (κ2) is 27.0. The molecule has 2 N–H and O–H groups in total. The van der Waals surface area contributed by atoms with Crippen molar-refractivity contribution in [2.24, 2.45) is 0 Å². The Hall–Kier alpha value is -3.95. The van der Waals surface area contributed by atoms with Gasteiger partial charge in [0.15, 0.2) is 11.6 Å². The third-order valence-electron chi connectivity index (χ3n) is 7.75. The second-order valence-electron chi connectivity index (χ2n) is 12.1. The Kier molecular flexibility index (Phi) is 21.8. The largest absolute Gasteiger partial charge is 0.508 e. The zero-order valence-electron chi connectivity index (χ0n) is 34.6. The molecule has 0 saturated carbocycles. The molecule has 16 heteroatoms. The van der Waals surface area contributed by atoms with Crippen molar-refractivity contribution in [2.45, 2.75) is 19.8 Å². The van der Waals surface area contributed by atoms with E-state index in [1.165, 1.54) is 19.2 Å². The van der Waals surface area contributed by atoms with Crippen molar-refractivity contribution >= 4 is 90.7 Å². The van der Waals surface area contributed by atoms with E-state index in [4.69, 9.17) is 44.4 Å².